The molecular formula is C4H14O2Si3. The summed E-state index contributed by atoms with van der Waals surface area (Å²) in [6.45, 7) is 4.10. The number of hydrogen-bond donors (Lipinski definition) is 0. The van der Waals surface area contributed by atoms with E-state index in [0.29, 0.717) is 0 Å². The minimum Gasteiger partial charge on any atom is -0.428 e. The Morgan fingerprint density at radius 2 is 2.67 bits per heavy atom. The molecule has 0 aromatic rings. The third kappa shape index (κ3) is 2.76. The van der Waals surface area contributed by atoms with Crippen molar-refractivity contribution in [3.63, 3.8) is 0 Å². The van der Waals surface area contributed by atoms with Gasteiger partial charge in [0, 0.05) is 13.2 Å². The zero-order valence-corrected chi connectivity index (χ0v) is 9.91. The highest BCUT2D eigenvalue weighted by atomic mass is 29.6. The van der Waals surface area contributed by atoms with Gasteiger partial charge in [-0.1, -0.05) is 0 Å². The fourth-order valence-electron chi connectivity index (χ4n) is 1.08. The molecule has 0 radical (unpaired) electrons. The minimum atomic E-state index is -0.551. The molecule has 0 spiro atoms. The van der Waals surface area contributed by atoms with Gasteiger partial charge in [-0.3, -0.25) is 0 Å². The van der Waals surface area contributed by atoms with Crippen molar-refractivity contribution in [1.82, 2.24) is 0 Å². The summed E-state index contributed by atoms with van der Waals surface area (Å²) in [6.07, 6.45) is 0. The van der Waals surface area contributed by atoms with Crippen molar-refractivity contribution in [3.8, 4) is 0 Å². The van der Waals surface area contributed by atoms with Gasteiger partial charge >= 0.3 is 0 Å². The molecule has 1 unspecified atom stereocenters. The van der Waals surface area contributed by atoms with Crippen LogP contribution in [-0.2, 0) is 8.85 Å². The molecule has 0 aliphatic carbocycles. The van der Waals surface area contributed by atoms with Gasteiger partial charge in [-0.05, 0) is 13.0 Å². The van der Waals surface area contributed by atoms with Crippen LogP contribution in [0.1, 0.15) is 6.92 Å². The van der Waals surface area contributed by atoms with Crippen molar-refractivity contribution in [2.75, 3.05) is 13.2 Å². The van der Waals surface area contributed by atoms with E-state index in [1.807, 2.05) is 0 Å². The normalized spacial score (nSPS) is 33.7. The van der Waals surface area contributed by atoms with Gasteiger partial charge in [0.05, 0.1) is 8.55 Å². The molecule has 1 aliphatic heterocycles. The van der Waals surface area contributed by atoms with Gasteiger partial charge in [0.25, 0.3) is 0 Å². The first-order valence-corrected chi connectivity index (χ1v) is 12.8. The van der Waals surface area contributed by atoms with Crippen LogP contribution >= 0.6 is 0 Å². The predicted octanol–water partition coefficient (Wildman–Crippen LogP) is -1.56. The summed E-state index contributed by atoms with van der Waals surface area (Å²) in [5.41, 5.74) is 0. The average molecular weight is 178 g/mol. The van der Waals surface area contributed by atoms with Crippen LogP contribution in [0.4, 0.5) is 0 Å². The Labute approximate surface area is 62.0 Å². The van der Waals surface area contributed by atoms with Gasteiger partial charge in [0.1, 0.15) is 9.28 Å². The van der Waals surface area contributed by atoms with E-state index in [1.54, 1.807) is 0 Å². The Hall–Kier alpha value is 0.571. The van der Waals surface area contributed by atoms with Crippen LogP contribution < -0.4 is 0 Å². The van der Waals surface area contributed by atoms with Crippen LogP contribution in [0, 0.1) is 0 Å². The lowest BCUT2D eigenvalue weighted by Crippen LogP contribution is -2.37. The van der Waals surface area contributed by atoms with Gasteiger partial charge < -0.3 is 8.85 Å². The fourth-order valence-corrected chi connectivity index (χ4v) is 16.2. The third-order valence-corrected chi connectivity index (χ3v) is 18.1. The Morgan fingerprint density at radius 3 is 3.22 bits per heavy atom. The van der Waals surface area contributed by atoms with E-state index >= 15 is 0 Å². The zero-order chi connectivity index (χ0) is 6.53. The van der Waals surface area contributed by atoms with Crippen LogP contribution in [0.2, 0.25) is 6.04 Å². The molecule has 0 aromatic heterocycles. The van der Waals surface area contributed by atoms with E-state index in [0.717, 1.165) is 13.2 Å². The van der Waals surface area contributed by atoms with Crippen molar-refractivity contribution >= 4 is 26.4 Å². The summed E-state index contributed by atoms with van der Waals surface area (Å²) in [7, 11) is -0.289. The zero-order valence-electron chi connectivity index (χ0n) is 5.93. The maximum atomic E-state index is 5.64. The monoisotopic (exact) mass is 178 g/mol. The Balaban J connectivity index is 2.08. The molecule has 1 heterocycles. The lowest BCUT2D eigenvalue weighted by Gasteiger charge is -2.19. The van der Waals surface area contributed by atoms with E-state index < -0.39 is 8.56 Å². The maximum absolute atomic E-state index is 5.64. The van der Waals surface area contributed by atoms with E-state index in [-0.39, 0.29) is 17.8 Å². The molecule has 54 valence electrons. The number of hydrogen-bond acceptors (Lipinski definition) is 2. The molecule has 1 saturated heterocycles. The average Bonchev–Trinajstić information content (AvgIpc) is 1.91. The lowest BCUT2D eigenvalue weighted by molar-refractivity contribution is 0.323. The maximum Gasteiger partial charge on any atom is 0.160 e. The second-order valence-electron chi connectivity index (χ2n) is 2.27. The van der Waals surface area contributed by atoms with E-state index in [4.69, 9.17) is 8.85 Å². The highest BCUT2D eigenvalue weighted by Gasteiger charge is 2.16. The van der Waals surface area contributed by atoms with Crippen molar-refractivity contribution in [2.45, 2.75) is 13.0 Å². The van der Waals surface area contributed by atoms with Crippen LogP contribution in [-0.4, -0.2) is 39.6 Å². The molecule has 1 aliphatic rings. The first-order valence-electron chi connectivity index (χ1n) is 3.63. The number of rotatable bonds is 2. The molecule has 1 fully saturated rings. The van der Waals surface area contributed by atoms with Crippen LogP contribution in [0.15, 0.2) is 0 Å². The summed E-state index contributed by atoms with van der Waals surface area (Å²) in [6, 6.07) is 1.31. The molecule has 1 rings (SSSR count). The van der Waals surface area contributed by atoms with E-state index in [1.165, 1.54) is 6.04 Å². The van der Waals surface area contributed by atoms with Gasteiger partial charge in [0.15, 0.2) is 8.56 Å². The van der Waals surface area contributed by atoms with Gasteiger partial charge in [-0.15, -0.1) is 0 Å². The van der Waals surface area contributed by atoms with E-state index in [9.17, 15) is 0 Å². The molecule has 0 amide bonds. The van der Waals surface area contributed by atoms with Crippen molar-refractivity contribution in [1.29, 1.82) is 0 Å². The Bertz CT molecular complexity index is 71.5. The largest absolute Gasteiger partial charge is 0.428 e. The topological polar surface area (TPSA) is 18.5 Å². The van der Waals surface area contributed by atoms with Crippen molar-refractivity contribution in [2.24, 2.45) is 0 Å². The molecule has 0 aromatic carbocycles. The van der Waals surface area contributed by atoms with Crippen LogP contribution in [0.3, 0.4) is 0 Å². The quantitative estimate of drug-likeness (QED) is 0.476. The predicted molar refractivity (Wildman–Crippen MR) is 46.6 cm³/mol. The summed E-state index contributed by atoms with van der Waals surface area (Å²) >= 11 is 0. The van der Waals surface area contributed by atoms with E-state index in [2.05, 4.69) is 6.92 Å². The highest BCUT2D eigenvalue weighted by molar-refractivity contribution is 7.33. The molecule has 1 atom stereocenters. The van der Waals surface area contributed by atoms with Gasteiger partial charge in [-0.25, -0.2) is 0 Å². The third-order valence-electron chi connectivity index (χ3n) is 1.57. The van der Waals surface area contributed by atoms with Gasteiger partial charge in [-0.2, -0.15) is 0 Å². The second kappa shape index (κ2) is 4.40. The summed E-state index contributed by atoms with van der Waals surface area (Å²) in [5, 5.41) is 0. The summed E-state index contributed by atoms with van der Waals surface area (Å²) in [4.78, 5) is 0. The standard InChI is InChI=1S/C4H14O2Si3/c1-2-6-9-4-3-5-7-8-9/h9H,2-4,7-8H2,1H3. The molecule has 0 N–H and O–H groups in total. The Morgan fingerprint density at radius 1 is 1.78 bits per heavy atom. The summed E-state index contributed by atoms with van der Waals surface area (Å²) in [5.74, 6) is 0. The highest BCUT2D eigenvalue weighted by Crippen LogP contribution is 1.98. The van der Waals surface area contributed by atoms with Gasteiger partial charge in [0.2, 0.25) is 0 Å². The minimum absolute atomic E-state index is 0.0164. The smallest absolute Gasteiger partial charge is 0.160 e. The first-order chi connectivity index (χ1) is 4.43. The Kier molecular flexibility index (Phi) is 3.75. The molecule has 0 saturated carbocycles. The molecular weight excluding hydrogens is 164 g/mol. The molecule has 2 nitrogen and oxygen atoms in total. The molecule has 0 bridgehead atoms. The second-order valence-corrected chi connectivity index (χ2v) is 16.7. The lowest BCUT2D eigenvalue weighted by atomic mass is 10.9. The van der Waals surface area contributed by atoms with Crippen molar-refractivity contribution < 1.29 is 8.85 Å². The molecule has 9 heavy (non-hydrogen) atoms. The van der Waals surface area contributed by atoms with Crippen LogP contribution in [0.5, 0.6) is 0 Å². The fraction of sp³-hybridized carbons (Fsp3) is 1.00. The SMILES string of the molecule is CCO[SiH]1CCO[SiH2][SiH2]1. The molecule has 5 heteroatoms. The summed E-state index contributed by atoms with van der Waals surface area (Å²) < 4.78 is 11.0. The first kappa shape index (κ1) is 7.68. The van der Waals surface area contributed by atoms with Crippen molar-refractivity contribution in [3.05, 3.63) is 0 Å². The van der Waals surface area contributed by atoms with Crippen LogP contribution in [0.25, 0.3) is 0 Å².